The average Bonchev–Trinajstić information content (AvgIpc) is 2.73. The molecule has 1 aromatic heterocycles. The lowest BCUT2D eigenvalue weighted by Gasteiger charge is -2.14. The molecule has 0 aliphatic carbocycles. The number of carbonyl (C=O) groups is 1. The standard InChI is InChI=1S/C24H29N3O2/c1-4-18-10-5-7-12-21(18)26-23-16-20(19-11-6-8-13-22(19)27-23)24(28)25-14-9-15-29-17(2)3/h5-8,10-13,16-17H,4,9,14-15H2,1-3H3,(H,25,28)(H,26,27). The summed E-state index contributed by atoms with van der Waals surface area (Å²) < 4.78 is 5.54. The summed E-state index contributed by atoms with van der Waals surface area (Å²) in [5.41, 5.74) is 3.63. The molecular weight excluding hydrogens is 362 g/mol. The molecule has 5 heteroatoms. The molecule has 0 bridgehead atoms. The van der Waals surface area contributed by atoms with Gasteiger partial charge in [-0.25, -0.2) is 4.98 Å². The number of rotatable bonds is 9. The second-order valence-electron chi connectivity index (χ2n) is 7.24. The van der Waals surface area contributed by atoms with Gasteiger partial charge < -0.3 is 15.4 Å². The fourth-order valence-electron chi connectivity index (χ4n) is 3.20. The largest absolute Gasteiger partial charge is 0.379 e. The van der Waals surface area contributed by atoms with Crippen molar-refractivity contribution in [1.82, 2.24) is 10.3 Å². The number of pyridine rings is 1. The average molecular weight is 392 g/mol. The molecule has 0 saturated carbocycles. The lowest BCUT2D eigenvalue weighted by molar-refractivity contribution is 0.0757. The van der Waals surface area contributed by atoms with E-state index in [1.54, 1.807) is 0 Å². The second kappa shape index (κ2) is 10.0. The first-order chi connectivity index (χ1) is 14.1. The zero-order valence-corrected chi connectivity index (χ0v) is 17.4. The highest BCUT2D eigenvalue weighted by molar-refractivity contribution is 6.07. The Hall–Kier alpha value is -2.92. The van der Waals surface area contributed by atoms with Crippen LogP contribution in [0.3, 0.4) is 0 Å². The van der Waals surface area contributed by atoms with E-state index in [0.29, 0.717) is 24.5 Å². The van der Waals surface area contributed by atoms with Crippen molar-refractivity contribution in [2.75, 3.05) is 18.5 Å². The number of carbonyl (C=O) groups excluding carboxylic acids is 1. The smallest absolute Gasteiger partial charge is 0.252 e. The molecule has 3 rings (SSSR count). The van der Waals surface area contributed by atoms with Gasteiger partial charge in [0.15, 0.2) is 0 Å². The predicted octanol–water partition coefficient (Wildman–Crippen LogP) is 5.09. The number of nitrogens with one attached hydrogen (secondary N) is 2. The van der Waals surface area contributed by atoms with Gasteiger partial charge in [0, 0.05) is 24.2 Å². The van der Waals surface area contributed by atoms with Gasteiger partial charge in [0.05, 0.1) is 17.2 Å². The van der Waals surface area contributed by atoms with Crippen LogP contribution in [0.2, 0.25) is 0 Å². The molecule has 3 aromatic rings. The number of aromatic nitrogens is 1. The first-order valence-corrected chi connectivity index (χ1v) is 10.2. The van der Waals surface area contributed by atoms with Crippen LogP contribution in [0, 0.1) is 0 Å². The van der Waals surface area contributed by atoms with Gasteiger partial charge in [0.2, 0.25) is 0 Å². The van der Waals surface area contributed by atoms with Crippen LogP contribution in [-0.4, -0.2) is 30.1 Å². The number of ether oxygens (including phenoxy) is 1. The number of para-hydroxylation sites is 2. The summed E-state index contributed by atoms with van der Waals surface area (Å²) in [5, 5.41) is 7.24. The molecule has 0 radical (unpaired) electrons. The van der Waals surface area contributed by atoms with Gasteiger partial charge in [-0.15, -0.1) is 0 Å². The molecule has 0 aliphatic rings. The molecule has 152 valence electrons. The molecule has 0 aliphatic heterocycles. The van der Waals surface area contributed by atoms with E-state index in [9.17, 15) is 4.79 Å². The van der Waals surface area contributed by atoms with Gasteiger partial charge in [-0.3, -0.25) is 4.79 Å². The Morgan fingerprint density at radius 3 is 2.66 bits per heavy atom. The summed E-state index contributed by atoms with van der Waals surface area (Å²) in [4.78, 5) is 17.6. The van der Waals surface area contributed by atoms with Crippen LogP contribution >= 0.6 is 0 Å². The molecule has 0 atom stereocenters. The first-order valence-electron chi connectivity index (χ1n) is 10.2. The number of amides is 1. The van der Waals surface area contributed by atoms with Crippen LogP contribution in [0.15, 0.2) is 54.6 Å². The number of fused-ring (bicyclic) bond motifs is 1. The van der Waals surface area contributed by atoms with Gasteiger partial charge in [-0.05, 0) is 50.5 Å². The maximum atomic E-state index is 12.9. The van der Waals surface area contributed by atoms with Gasteiger partial charge in [-0.1, -0.05) is 43.3 Å². The molecule has 29 heavy (non-hydrogen) atoms. The summed E-state index contributed by atoms with van der Waals surface area (Å²) in [7, 11) is 0. The van der Waals surface area contributed by atoms with E-state index in [1.165, 1.54) is 5.56 Å². The third-order valence-corrected chi connectivity index (χ3v) is 4.68. The van der Waals surface area contributed by atoms with Crippen molar-refractivity contribution in [1.29, 1.82) is 0 Å². The monoisotopic (exact) mass is 391 g/mol. The third kappa shape index (κ3) is 5.55. The van der Waals surface area contributed by atoms with Crippen molar-refractivity contribution < 1.29 is 9.53 Å². The molecule has 0 fully saturated rings. The van der Waals surface area contributed by atoms with Crippen molar-refractivity contribution >= 4 is 28.3 Å². The minimum absolute atomic E-state index is 0.0972. The Morgan fingerprint density at radius 2 is 1.86 bits per heavy atom. The van der Waals surface area contributed by atoms with E-state index in [2.05, 4.69) is 23.6 Å². The van der Waals surface area contributed by atoms with Crippen molar-refractivity contribution in [3.05, 3.63) is 65.7 Å². The number of anilines is 2. The molecule has 0 spiro atoms. The van der Waals surface area contributed by atoms with E-state index >= 15 is 0 Å². The van der Waals surface area contributed by atoms with Crippen LogP contribution in [0.25, 0.3) is 10.9 Å². The Kier molecular flexibility index (Phi) is 7.19. The van der Waals surface area contributed by atoms with Crippen LogP contribution in [0.4, 0.5) is 11.5 Å². The van der Waals surface area contributed by atoms with Gasteiger partial charge >= 0.3 is 0 Å². The van der Waals surface area contributed by atoms with Gasteiger partial charge in [0.1, 0.15) is 5.82 Å². The lowest BCUT2D eigenvalue weighted by atomic mass is 10.1. The van der Waals surface area contributed by atoms with Gasteiger partial charge in [-0.2, -0.15) is 0 Å². The Labute approximate surface area is 172 Å². The van der Waals surface area contributed by atoms with E-state index < -0.39 is 0 Å². The van der Waals surface area contributed by atoms with Crippen molar-refractivity contribution in [2.45, 2.75) is 39.7 Å². The Bertz CT molecular complexity index is 969. The van der Waals surface area contributed by atoms with Crippen LogP contribution in [0.1, 0.15) is 43.1 Å². The summed E-state index contributed by atoms with van der Waals surface area (Å²) in [5.74, 6) is 0.567. The zero-order valence-electron chi connectivity index (χ0n) is 17.4. The second-order valence-corrected chi connectivity index (χ2v) is 7.24. The minimum atomic E-state index is -0.0972. The molecule has 5 nitrogen and oxygen atoms in total. The normalized spacial score (nSPS) is 11.0. The zero-order chi connectivity index (χ0) is 20.6. The van der Waals surface area contributed by atoms with Crippen LogP contribution in [0.5, 0.6) is 0 Å². The van der Waals surface area contributed by atoms with Crippen molar-refractivity contribution in [3.8, 4) is 0 Å². The van der Waals surface area contributed by atoms with E-state index in [0.717, 1.165) is 29.4 Å². The summed E-state index contributed by atoms with van der Waals surface area (Å²) >= 11 is 0. The maximum Gasteiger partial charge on any atom is 0.252 e. The fourth-order valence-corrected chi connectivity index (χ4v) is 3.20. The summed E-state index contributed by atoms with van der Waals surface area (Å²) in [6.07, 6.45) is 1.90. The first kappa shape index (κ1) is 20.8. The van der Waals surface area contributed by atoms with E-state index in [4.69, 9.17) is 9.72 Å². The highest BCUT2D eigenvalue weighted by Crippen LogP contribution is 2.25. The van der Waals surface area contributed by atoms with Gasteiger partial charge in [0.25, 0.3) is 5.91 Å². The van der Waals surface area contributed by atoms with Crippen molar-refractivity contribution in [2.24, 2.45) is 0 Å². The maximum absolute atomic E-state index is 12.9. The summed E-state index contributed by atoms with van der Waals surface area (Å²) in [6.45, 7) is 7.34. The molecular formula is C24H29N3O2. The highest BCUT2D eigenvalue weighted by atomic mass is 16.5. The third-order valence-electron chi connectivity index (χ3n) is 4.68. The summed E-state index contributed by atoms with van der Waals surface area (Å²) in [6, 6.07) is 17.7. The highest BCUT2D eigenvalue weighted by Gasteiger charge is 2.13. The fraction of sp³-hybridized carbons (Fsp3) is 0.333. The van der Waals surface area contributed by atoms with E-state index in [1.807, 2.05) is 62.4 Å². The molecule has 2 N–H and O–H groups in total. The minimum Gasteiger partial charge on any atom is -0.379 e. The number of hydrogen-bond acceptors (Lipinski definition) is 4. The molecule has 0 unspecified atom stereocenters. The number of benzene rings is 2. The SMILES string of the molecule is CCc1ccccc1Nc1cc(C(=O)NCCCOC(C)C)c2ccccc2n1. The Balaban J connectivity index is 1.81. The number of aryl methyl sites for hydroxylation is 1. The predicted molar refractivity (Wildman–Crippen MR) is 119 cm³/mol. The molecule has 2 aromatic carbocycles. The topological polar surface area (TPSA) is 63.2 Å². The molecule has 1 amide bonds. The number of nitrogens with zero attached hydrogens (tertiary/aromatic N) is 1. The quantitative estimate of drug-likeness (QED) is 0.499. The molecule has 0 saturated heterocycles. The Morgan fingerprint density at radius 1 is 1.10 bits per heavy atom. The molecule has 1 heterocycles. The van der Waals surface area contributed by atoms with Crippen molar-refractivity contribution in [3.63, 3.8) is 0 Å². The number of hydrogen-bond donors (Lipinski definition) is 2. The van der Waals surface area contributed by atoms with Crippen LogP contribution < -0.4 is 10.6 Å². The van der Waals surface area contributed by atoms with E-state index in [-0.39, 0.29) is 12.0 Å². The lowest BCUT2D eigenvalue weighted by Crippen LogP contribution is -2.26. The van der Waals surface area contributed by atoms with Crippen LogP contribution in [-0.2, 0) is 11.2 Å².